The van der Waals surface area contributed by atoms with Crippen LogP contribution in [-0.2, 0) is 4.79 Å². The second kappa shape index (κ2) is 8.45. The Morgan fingerprint density at radius 1 is 1.12 bits per heavy atom. The van der Waals surface area contributed by atoms with Crippen molar-refractivity contribution in [3.05, 3.63) is 64.1 Å². The Bertz CT molecular complexity index is 810. The van der Waals surface area contributed by atoms with Crippen LogP contribution in [0.25, 0.3) is 0 Å². The number of rotatable bonds is 5. The lowest BCUT2D eigenvalue weighted by Crippen LogP contribution is -2.47. The van der Waals surface area contributed by atoms with Gasteiger partial charge in [-0.25, -0.2) is 0 Å². The predicted octanol–water partition coefficient (Wildman–Crippen LogP) is 3.71. The molecule has 0 saturated heterocycles. The van der Waals surface area contributed by atoms with E-state index in [9.17, 15) is 9.59 Å². The lowest BCUT2D eigenvalue weighted by Gasteiger charge is -2.22. The highest BCUT2D eigenvalue weighted by molar-refractivity contribution is 9.10. The van der Waals surface area contributed by atoms with Crippen molar-refractivity contribution in [2.75, 3.05) is 5.32 Å². The highest BCUT2D eigenvalue weighted by Crippen LogP contribution is 2.14. The zero-order chi connectivity index (χ0) is 18.4. The fourth-order valence-corrected chi connectivity index (χ4v) is 2.51. The lowest BCUT2D eigenvalue weighted by atomic mass is 10.0. The van der Waals surface area contributed by atoms with E-state index in [0.29, 0.717) is 16.8 Å². The van der Waals surface area contributed by atoms with Gasteiger partial charge in [0, 0.05) is 15.7 Å². The summed E-state index contributed by atoms with van der Waals surface area (Å²) in [6, 6.07) is 14.9. The zero-order valence-corrected chi connectivity index (χ0v) is 15.5. The van der Waals surface area contributed by atoms with Crippen LogP contribution in [0.4, 0.5) is 5.69 Å². The van der Waals surface area contributed by atoms with Crippen LogP contribution in [0.1, 0.15) is 29.8 Å². The van der Waals surface area contributed by atoms with Crippen molar-refractivity contribution < 1.29 is 9.59 Å². The average Bonchev–Trinajstić information content (AvgIpc) is 2.59. The number of amides is 2. The van der Waals surface area contributed by atoms with E-state index in [4.69, 9.17) is 5.26 Å². The summed E-state index contributed by atoms with van der Waals surface area (Å²) >= 11 is 3.32. The average molecular weight is 400 g/mol. The number of nitrogens with zero attached hydrogens (tertiary/aromatic N) is 1. The Balaban J connectivity index is 2.11. The number of carbonyl (C=O) groups excluding carboxylic acids is 2. The third-order valence-corrected chi connectivity index (χ3v) is 4.13. The summed E-state index contributed by atoms with van der Waals surface area (Å²) in [5.41, 5.74) is 1.46. The molecule has 0 fully saturated rings. The van der Waals surface area contributed by atoms with Crippen LogP contribution in [0.3, 0.4) is 0 Å². The Morgan fingerprint density at radius 2 is 1.80 bits per heavy atom. The lowest BCUT2D eigenvalue weighted by molar-refractivity contribution is -0.118. The van der Waals surface area contributed by atoms with Crippen molar-refractivity contribution in [2.24, 2.45) is 5.92 Å². The van der Waals surface area contributed by atoms with E-state index >= 15 is 0 Å². The second-order valence-electron chi connectivity index (χ2n) is 5.88. The van der Waals surface area contributed by atoms with Gasteiger partial charge in [0.25, 0.3) is 5.91 Å². The third kappa shape index (κ3) is 5.16. The molecule has 25 heavy (non-hydrogen) atoms. The first kappa shape index (κ1) is 18.7. The van der Waals surface area contributed by atoms with Crippen molar-refractivity contribution >= 4 is 33.4 Å². The molecule has 5 nitrogen and oxygen atoms in total. The van der Waals surface area contributed by atoms with E-state index in [1.165, 1.54) is 0 Å². The molecule has 0 aliphatic heterocycles. The van der Waals surface area contributed by atoms with Crippen molar-refractivity contribution in [3.8, 4) is 6.07 Å². The van der Waals surface area contributed by atoms with Gasteiger partial charge in [-0.05, 0) is 48.4 Å². The predicted molar refractivity (Wildman–Crippen MR) is 100 cm³/mol. The molecular weight excluding hydrogens is 382 g/mol. The highest BCUT2D eigenvalue weighted by Gasteiger charge is 2.24. The Morgan fingerprint density at radius 3 is 2.40 bits per heavy atom. The number of nitriles is 1. The number of hydrogen-bond donors (Lipinski definition) is 2. The summed E-state index contributed by atoms with van der Waals surface area (Å²) in [4.78, 5) is 24.9. The monoisotopic (exact) mass is 399 g/mol. The van der Waals surface area contributed by atoms with Crippen molar-refractivity contribution in [1.29, 1.82) is 5.26 Å². The molecule has 2 aromatic rings. The molecule has 0 bridgehead atoms. The first-order chi connectivity index (χ1) is 11.9. The topological polar surface area (TPSA) is 82.0 Å². The van der Waals surface area contributed by atoms with E-state index < -0.39 is 6.04 Å². The van der Waals surface area contributed by atoms with Gasteiger partial charge in [-0.3, -0.25) is 9.59 Å². The molecule has 2 rings (SSSR count). The summed E-state index contributed by atoms with van der Waals surface area (Å²) in [5, 5.41) is 14.5. The standard InChI is InChI=1S/C19H18BrN3O2/c1-12(2)17(23-18(24)14-6-8-15(20)9-7-14)19(25)22-16-5-3-4-13(10-16)11-21/h3-10,12,17H,1-2H3,(H,22,25)(H,23,24)/t17-/m0/s1. The molecule has 6 heteroatoms. The summed E-state index contributed by atoms with van der Waals surface area (Å²) in [6.45, 7) is 3.72. The number of hydrogen-bond acceptors (Lipinski definition) is 3. The van der Waals surface area contributed by atoms with E-state index in [1.807, 2.05) is 19.9 Å². The maximum Gasteiger partial charge on any atom is 0.251 e. The molecule has 2 aromatic carbocycles. The molecule has 0 spiro atoms. The normalized spacial score (nSPS) is 11.5. The zero-order valence-electron chi connectivity index (χ0n) is 13.9. The van der Waals surface area contributed by atoms with Gasteiger partial charge >= 0.3 is 0 Å². The molecule has 0 heterocycles. The van der Waals surface area contributed by atoms with E-state index in [0.717, 1.165) is 4.47 Å². The minimum absolute atomic E-state index is 0.0986. The van der Waals surface area contributed by atoms with Crippen molar-refractivity contribution in [1.82, 2.24) is 5.32 Å². The third-order valence-electron chi connectivity index (χ3n) is 3.60. The SMILES string of the molecule is CC(C)[C@H](NC(=O)c1ccc(Br)cc1)C(=O)Nc1cccc(C#N)c1. The second-order valence-corrected chi connectivity index (χ2v) is 6.80. The molecule has 0 saturated carbocycles. The van der Waals surface area contributed by atoms with Crippen molar-refractivity contribution in [3.63, 3.8) is 0 Å². The van der Waals surface area contributed by atoms with Crippen LogP contribution in [0.5, 0.6) is 0 Å². The largest absolute Gasteiger partial charge is 0.340 e. The summed E-state index contributed by atoms with van der Waals surface area (Å²) in [6.07, 6.45) is 0. The fraction of sp³-hybridized carbons (Fsp3) is 0.211. The van der Waals surface area contributed by atoms with Gasteiger partial charge in [-0.15, -0.1) is 0 Å². The molecule has 0 radical (unpaired) electrons. The van der Waals surface area contributed by atoms with Crippen LogP contribution in [-0.4, -0.2) is 17.9 Å². The minimum atomic E-state index is -0.693. The molecule has 0 unspecified atom stereocenters. The smallest absolute Gasteiger partial charge is 0.251 e. The van der Waals surface area contributed by atoms with Gasteiger partial charge in [-0.2, -0.15) is 5.26 Å². The molecular formula is C19H18BrN3O2. The van der Waals surface area contributed by atoms with Crippen LogP contribution < -0.4 is 10.6 Å². The number of carbonyl (C=O) groups is 2. The van der Waals surface area contributed by atoms with Gasteiger partial charge in [0.2, 0.25) is 5.91 Å². The van der Waals surface area contributed by atoms with Crippen LogP contribution in [0.2, 0.25) is 0 Å². The molecule has 128 valence electrons. The number of benzene rings is 2. The van der Waals surface area contributed by atoms with Crippen LogP contribution >= 0.6 is 15.9 Å². The fourth-order valence-electron chi connectivity index (χ4n) is 2.25. The Kier molecular flexibility index (Phi) is 6.31. The Hall–Kier alpha value is -2.65. The molecule has 0 aliphatic rings. The van der Waals surface area contributed by atoms with E-state index in [-0.39, 0.29) is 17.7 Å². The minimum Gasteiger partial charge on any atom is -0.340 e. The van der Waals surface area contributed by atoms with Gasteiger partial charge in [0.05, 0.1) is 11.6 Å². The summed E-state index contributed by atoms with van der Waals surface area (Å²) < 4.78 is 0.875. The molecule has 2 amide bonds. The quantitative estimate of drug-likeness (QED) is 0.803. The summed E-state index contributed by atoms with van der Waals surface area (Å²) in [5.74, 6) is -0.735. The number of anilines is 1. The van der Waals surface area contributed by atoms with E-state index in [1.54, 1.807) is 48.5 Å². The molecule has 0 aromatic heterocycles. The number of nitrogens with one attached hydrogen (secondary N) is 2. The van der Waals surface area contributed by atoms with Crippen LogP contribution in [0.15, 0.2) is 53.0 Å². The summed E-state index contributed by atoms with van der Waals surface area (Å²) in [7, 11) is 0. The maximum absolute atomic E-state index is 12.6. The number of halogens is 1. The van der Waals surface area contributed by atoms with Gasteiger partial charge < -0.3 is 10.6 Å². The van der Waals surface area contributed by atoms with Gasteiger partial charge in [0.1, 0.15) is 6.04 Å². The van der Waals surface area contributed by atoms with Crippen LogP contribution in [0, 0.1) is 17.2 Å². The van der Waals surface area contributed by atoms with E-state index in [2.05, 4.69) is 26.6 Å². The maximum atomic E-state index is 12.6. The Labute approximate surface area is 155 Å². The first-order valence-electron chi connectivity index (χ1n) is 7.78. The molecule has 0 aliphatic carbocycles. The molecule has 1 atom stereocenters. The highest BCUT2D eigenvalue weighted by atomic mass is 79.9. The first-order valence-corrected chi connectivity index (χ1v) is 8.57. The van der Waals surface area contributed by atoms with Crippen molar-refractivity contribution in [2.45, 2.75) is 19.9 Å². The van der Waals surface area contributed by atoms with Gasteiger partial charge in [0.15, 0.2) is 0 Å². The van der Waals surface area contributed by atoms with Gasteiger partial charge in [-0.1, -0.05) is 35.8 Å². The molecule has 2 N–H and O–H groups in total.